The van der Waals surface area contributed by atoms with Crippen molar-refractivity contribution >= 4 is 11.6 Å². The van der Waals surface area contributed by atoms with Crippen LogP contribution in [-0.4, -0.2) is 17.8 Å². The Bertz CT molecular complexity index is 363. The first-order valence-corrected chi connectivity index (χ1v) is 6.18. The standard InChI is InChI=1S/C13H18ClNO/c1-9-2-3-11(12(14)6-9)7-15-8-13(16)10-4-5-10/h2-3,6,10,13,15-16H,4-5,7-8H2,1H3. The summed E-state index contributed by atoms with van der Waals surface area (Å²) in [4.78, 5) is 0. The Morgan fingerprint density at radius 1 is 1.50 bits per heavy atom. The molecule has 2 rings (SSSR count). The van der Waals surface area contributed by atoms with Crippen LogP contribution in [0.3, 0.4) is 0 Å². The number of rotatable bonds is 5. The summed E-state index contributed by atoms with van der Waals surface area (Å²) in [6.45, 7) is 3.41. The van der Waals surface area contributed by atoms with Gasteiger partial charge in [0.2, 0.25) is 0 Å². The molecule has 1 unspecified atom stereocenters. The van der Waals surface area contributed by atoms with E-state index < -0.39 is 0 Å². The van der Waals surface area contributed by atoms with Crippen LogP contribution in [0.4, 0.5) is 0 Å². The second kappa shape index (κ2) is 5.17. The van der Waals surface area contributed by atoms with Gasteiger partial charge in [0.05, 0.1) is 6.10 Å². The zero-order chi connectivity index (χ0) is 11.5. The first kappa shape index (κ1) is 11.9. The van der Waals surface area contributed by atoms with Crippen molar-refractivity contribution in [2.45, 2.75) is 32.4 Å². The van der Waals surface area contributed by atoms with Crippen molar-refractivity contribution in [3.63, 3.8) is 0 Å². The molecule has 0 amide bonds. The lowest BCUT2D eigenvalue weighted by Crippen LogP contribution is -2.27. The van der Waals surface area contributed by atoms with Crippen LogP contribution in [0, 0.1) is 12.8 Å². The quantitative estimate of drug-likeness (QED) is 0.828. The summed E-state index contributed by atoms with van der Waals surface area (Å²) in [7, 11) is 0. The Hall–Kier alpha value is -0.570. The Balaban J connectivity index is 1.80. The fraction of sp³-hybridized carbons (Fsp3) is 0.538. The molecule has 1 atom stereocenters. The van der Waals surface area contributed by atoms with Crippen LogP contribution in [-0.2, 0) is 6.54 Å². The van der Waals surface area contributed by atoms with Gasteiger partial charge in [0.25, 0.3) is 0 Å². The molecule has 16 heavy (non-hydrogen) atoms. The smallest absolute Gasteiger partial charge is 0.0692 e. The van der Waals surface area contributed by atoms with Crippen LogP contribution in [0.1, 0.15) is 24.0 Å². The van der Waals surface area contributed by atoms with E-state index in [1.165, 1.54) is 18.4 Å². The van der Waals surface area contributed by atoms with Crippen molar-refractivity contribution in [2.75, 3.05) is 6.54 Å². The van der Waals surface area contributed by atoms with E-state index in [-0.39, 0.29) is 6.10 Å². The number of hydrogen-bond acceptors (Lipinski definition) is 2. The van der Waals surface area contributed by atoms with E-state index in [2.05, 4.69) is 11.4 Å². The predicted molar refractivity (Wildman–Crippen MR) is 66.6 cm³/mol. The number of benzene rings is 1. The van der Waals surface area contributed by atoms with Gasteiger partial charge >= 0.3 is 0 Å². The molecule has 0 radical (unpaired) electrons. The van der Waals surface area contributed by atoms with E-state index in [0.717, 1.165) is 17.1 Å². The molecule has 2 N–H and O–H groups in total. The van der Waals surface area contributed by atoms with Gasteiger partial charge in [-0.05, 0) is 42.9 Å². The third-order valence-corrected chi connectivity index (χ3v) is 3.40. The maximum atomic E-state index is 9.68. The van der Waals surface area contributed by atoms with Gasteiger partial charge in [0, 0.05) is 18.1 Å². The van der Waals surface area contributed by atoms with E-state index >= 15 is 0 Å². The van der Waals surface area contributed by atoms with Gasteiger partial charge in [-0.3, -0.25) is 0 Å². The van der Waals surface area contributed by atoms with Crippen LogP contribution in [0.25, 0.3) is 0 Å². The Morgan fingerprint density at radius 3 is 2.88 bits per heavy atom. The minimum atomic E-state index is -0.191. The van der Waals surface area contributed by atoms with Crippen molar-refractivity contribution in [3.05, 3.63) is 34.3 Å². The second-order valence-electron chi connectivity index (χ2n) is 4.63. The predicted octanol–water partition coefficient (Wildman–Crippen LogP) is 2.51. The minimum Gasteiger partial charge on any atom is -0.392 e. The van der Waals surface area contributed by atoms with Crippen LogP contribution in [0.15, 0.2) is 18.2 Å². The van der Waals surface area contributed by atoms with Gasteiger partial charge in [-0.25, -0.2) is 0 Å². The molecular weight excluding hydrogens is 222 g/mol. The van der Waals surface area contributed by atoms with Crippen molar-refractivity contribution < 1.29 is 5.11 Å². The van der Waals surface area contributed by atoms with E-state index in [1.807, 2.05) is 19.1 Å². The molecule has 0 spiro atoms. The molecule has 2 nitrogen and oxygen atoms in total. The molecule has 3 heteroatoms. The molecule has 1 aromatic rings. The largest absolute Gasteiger partial charge is 0.392 e. The summed E-state index contributed by atoms with van der Waals surface area (Å²) in [5.41, 5.74) is 2.27. The summed E-state index contributed by atoms with van der Waals surface area (Å²) >= 11 is 6.12. The SMILES string of the molecule is Cc1ccc(CNCC(O)C2CC2)c(Cl)c1. The fourth-order valence-corrected chi connectivity index (χ4v) is 2.10. The highest BCUT2D eigenvalue weighted by Crippen LogP contribution is 2.32. The molecule has 0 bridgehead atoms. The summed E-state index contributed by atoms with van der Waals surface area (Å²) in [6, 6.07) is 6.06. The number of aliphatic hydroxyl groups is 1. The molecule has 1 aromatic carbocycles. The Labute approximate surface area is 102 Å². The fourth-order valence-electron chi connectivity index (χ4n) is 1.80. The number of aliphatic hydroxyl groups excluding tert-OH is 1. The van der Waals surface area contributed by atoms with Gasteiger partial charge in [-0.2, -0.15) is 0 Å². The monoisotopic (exact) mass is 239 g/mol. The third-order valence-electron chi connectivity index (χ3n) is 3.04. The summed E-state index contributed by atoms with van der Waals surface area (Å²) in [5.74, 6) is 0.529. The van der Waals surface area contributed by atoms with E-state index in [9.17, 15) is 5.11 Å². The number of halogens is 1. The van der Waals surface area contributed by atoms with Crippen molar-refractivity contribution in [1.29, 1.82) is 0 Å². The summed E-state index contributed by atoms with van der Waals surface area (Å²) < 4.78 is 0. The highest BCUT2D eigenvalue weighted by Gasteiger charge is 2.29. The molecule has 1 saturated carbocycles. The first-order chi connectivity index (χ1) is 7.66. The van der Waals surface area contributed by atoms with Gasteiger partial charge in [-0.15, -0.1) is 0 Å². The number of aryl methyl sites for hydroxylation is 1. The first-order valence-electron chi connectivity index (χ1n) is 5.80. The van der Waals surface area contributed by atoms with Crippen molar-refractivity contribution in [2.24, 2.45) is 5.92 Å². The molecule has 1 fully saturated rings. The molecule has 0 aromatic heterocycles. The molecule has 0 aliphatic heterocycles. The normalized spacial score (nSPS) is 17.4. The van der Waals surface area contributed by atoms with Crippen LogP contribution in [0.2, 0.25) is 5.02 Å². The number of hydrogen-bond donors (Lipinski definition) is 2. The molecule has 0 heterocycles. The number of nitrogens with one attached hydrogen (secondary N) is 1. The van der Waals surface area contributed by atoms with Gasteiger partial charge in [0.15, 0.2) is 0 Å². The lowest BCUT2D eigenvalue weighted by atomic mass is 10.1. The average Bonchev–Trinajstić information content (AvgIpc) is 3.04. The molecule has 1 aliphatic carbocycles. The maximum Gasteiger partial charge on any atom is 0.0692 e. The van der Waals surface area contributed by atoms with Crippen LogP contribution < -0.4 is 5.32 Å². The van der Waals surface area contributed by atoms with Crippen molar-refractivity contribution in [1.82, 2.24) is 5.32 Å². The highest BCUT2D eigenvalue weighted by atomic mass is 35.5. The Kier molecular flexibility index (Phi) is 3.85. The minimum absolute atomic E-state index is 0.191. The van der Waals surface area contributed by atoms with E-state index in [0.29, 0.717) is 12.5 Å². The molecular formula is C13H18ClNO. The Morgan fingerprint density at radius 2 is 2.25 bits per heavy atom. The van der Waals surface area contributed by atoms with Crippen molar-refractivity contribution in [3.8, 4) is 0 Å². The molecule has 1 aliphatic rings. The van der Waals surface area contributed by atoms with Gasteiger partial charge in [0.1, 0.15) is 0 Å². The highest BCUT2D eigenvalue weighted by molar-refractivity contribution is 6.31. The van der Waals surface area contributed by atoms with Crippen LogP contribution >= 0.6 is 11.6 Å². The summed E-state index contributed by atoms with van der Waals surface area (Å²) in [6.07, 6.45) is 2.16. The van der Waals surface area contributed by atoms with E-state index in [1.54, 1.807) is 0 Å². The average molecular weight is 240 g/mol. The zero-order valence-corrected chi connectivity index (χ0v) is 10.3. The third kappa shape index (κ3) is 3.21. The lowest BCUT2D eigenvalue weighted by Gasteiger charge is -2.11. The summed E-state index contributed by atoms with van der Waals surface area (Å²) in [5, 5.41) is 13.7. The lowest BCUT2D eigenvalue weighted by molar-refractivity contribution is 0.148. The second-order valence-corrected chi connectivity index (χ2v) is 5.04. The molecule has 0 saturated heterocycles. The maximum absolute atomic E-state index is 9.68. The van der Waals surface area contributed by atoms with E-state index in [4.69, 9.17) is 11.6 Å². The van der Waals surface area contributed by atoms with Crippen LogP contribution in [0.5, 0.6) is 0 Å². The topological polar surface area (TPSA) is 32.3 Å². The molecule has 88 valence electrons. The van der Waals surface area contributed by atoms with Gasteiger partial charge in [-0.1, -0.05) is 23.7 Å². The van der Waals surface area contributed by atoms with Gasteiger partial charge < -0.3 is 10.4 Å². The zero-order valence-electron chi connectivity index (χ0n) is 9.54.